The van der Waals surface area contributed by atoms with Gasteiger partial charge in [-0.25, -0.2) is 4.79 Å². The van der Waals surface area contributed by atoms with E-state index < -0.39 is 0 Å². The van der Waals surface area contributed by atoms with Crippen molar-refractivity contribution in [2.45, 2.75) is 38.3 Å². The molecule has 1 fully saturated rings. The highest BCUT2D eigenvalue weighted by Gasteiger charge is 2.33. The fourth-order valence-corrected chi connectivity index (χ4v) is 3.52. The molecule has 0 radical (unpaired) electrons. The first kappa shape index (κ1) is 15.1. The van der Waals surface area contributed by atoms with Gasteiger partial charge >= 0.3 is 6.03 Å². The van der Waals surface area contributed by atoms with Crippen LogP contribution < -0.4 is 10.1 Å². The zero-order valence-electron chi connectivity index (χ0n) is 13.7. The molecule has 2 aliphatic heterocycles. The van der Waals surface area contributed by atoms with Crippen molar-refractivity contribution in [2.75, 3.05) is 13.1 Å². The molecule has 4 rings (SSSR count). The third-order valence-corrected chi connectivity index (χ3v) is 4.68. The molecule has 6 nitrogen and oxygen atoms in total. The molecule has 0 spiro atoms. The van der Waals surface area contributed by atoms with Crippen molar-refractivity contribution in [3.8, 4) is 5.75 Å². The second kappa shape index (κ2) is 6.19. The number of nitrogens with zero attached hydrogens (tertiary/aromatic N) is 2. The van der Waals surface area contributed by atoms with Crippen molar-refractivity contribution >= 4 is 6.03 Å². The van der Waals surface area contributed by atoms with E-state index >= 15 is 0 Å². The van der Waals surface area contributed by atoms with Gasteiger partial charge in [-0.1, -0.05) is 23.4 Å². The quantitative estimate of drug-likeness (QED) is 0.941. The summed E-state index contributed by atoms with van der Waals surface area (Å²) >= 11 is 0. The predicted molar refractivity (Wildman–Crippen MR) is 87.9 cm³/mol. The lowest BCUT2D eigenvalue weighted by Gasteiger charge is -2.23. The van der Waals surface area contributed by atoms with Gasteiger partial charge in [-0.05, 0) is 31.4 Å². The molecule has 1 N–H and O–H groups in total. The van der Waals surface area contributed by atoms with Crippen LogP contribution in [0.2, 0.25) is 0 Å². The number of para-hydroxylation sites is 1. The smallest absolute Gasteiger partial charge is 0.318 e. The Morgan fingerprint density at radius 2 is 2.29 bits per heavy atom. The van der Waals surface area contributed by atoms with Gasteiger partial charge in [0.2, 0.25) is 0 Å². The molecule has 2 aliphatic rings. The molecule has 0 saturated carbocycles. The maximum Gasteiger partial charge on any atom is 0.318 e. The Balaban J connectivity index is 1.35. The number of rotatable bonds is 3. The summed E-state index contributed by atoms with van der Waals surface area (Å²) in [4.78, 5) is 14.4. The Morgan fingerprint density at radius 3 is 3.08 bits per heavy atom. The highest BCUT2D eigenvalue weighted by atomic mass is 16.5. The minimum Gasteiger partial charge on any atom is -0.488 e. The number of fused-ring (bicyclic) bond motifs is 1. The summed E-state index contributed by atoms with van der Waals surface area (Å²) in [7, 11) is 0. The number of nitrogens with one attached hydrogen (secondary N) is 1. The lowest BCUT2D eigenvalue weighted by atomic mass is 10.1. The Kier molecular flexibility index (Phi) is 3.88. The molecule has 1 saturated heterocycles. The van der Waals surface area contributed by atoms with Crippen LogP contribution in [0, 0.1) is 6.92 Å². The Morgan fingerprint density at radius 1 is 1.42 bits per heavy atom. The first-order chi connectivity index (χ1) is 11.7. The van der Waals surface area contributed by atoms with Gasteiger partial charge in [0.1, 0.15) is 11.9 Å². The van der Waals surface area contributed by atoms with Gasteiger partial charge in [0.05, 0.1) is 18.3 Å². The molecule has 1 aromatic heterocycles. The van der Waals surface area contributed by atoms with Crippen molar-refractivity contribution in [3.05, 3.63) is 47.3 Å². The number of hydrogen-bond acceptors (Lipinski definition) is 4. The number of likely N-dealkylation sites (tertiary alicyclic amines) is 1. The van der Waals surface area contributed by atoms with Gasteiger partial charge in [0.25, 0.3) is 0 Å². The molecule has 1 aromatic carbocycles. The average Bonchev–Trinajstić information content (AvgIpc) is 3.30. The summed E-state index contributed by atoms with van der Waals surface area (Å²) in [6.45, 7) is 3.13. The first-order valence-corrected chi connectivity index (χ1v) is 8.43. The number of ether oxygens (including phenoxy) is 1. The molecule has 3 heterocycles. The zero-order valence-corrected chi connectivity index (χ0v) is 13.7. The summed E-state index contributed by atoms with van der Waals surface area (Å²) in [5, 5.41) is 6.94. The summed E-state index contributed by atoms with van der Waals surface area (Å²) < 4.78 is 11.2. The van der Waals surface area contributed by atoms with Crippen LogP contribution in [0.4, 0.5) is 4.79 Å². The van der Waals surface area contributed by atoms with E-state index in [0.717, 1.165) is 43.0 Å². The van der Waals surface area contributed by atoms with Crippen LogP contribution in [0.3, 0.4) is 0 Å². The van der Waals surface area contributed by atoms with Crippen LogP contribution in [0.15, 0.2) is 34.9 Å². The molecular formula is C18H21N3O3. The molecule has 0 aliphatic carbocycles. The van der Waals surface area contributed by atoms with E-state index in [1.165, 1.54) is 5.56 Å². The number of carbonyl (C=O) groups excluding carboxylic acids is 1. The summed E-state index contributed by atoms with van der Waals surface area (Å²) in [5.41, 5.74) is 2.04. The SMILES string of the molecule is Cc1cc([C@@H]2CCCN2C(=O)NC[C@@H]2Cc3ccccc3O2)on1. The number of carbonyl (C=O) groups is 1. The first-order valence-electron chi connectivity index (χ1n) is 8.43. The minimum absolute atomic E-state index is 0.0000676. The molecule has 126 valence electrons. The number of urea groups is 1. The van der Waals surface area contributed by atoms with Crippen LogP contribution in [-0.2, 0) is 6.42 Å². The molecule has 24 heavy (non-hydrogen) atoms. The monoisotopic (exact) mass is 327 g/mol. The number of aromatic nitrogens is 1. The van der Waals surface area contributed by atoms with Gasteiger partial charge in [0, 0.05) is 19.0 Å². The van der Waals surface area contributed by atoms with Crippen LogP contribution in [-0.4, -0.2) is 35.3 Å². The summed E-state index contributed by atoms with van der Waals surface area (Å²) in [5.74, 6) is 1.69. The number of hydrogen-bond donors (Lipinski definition) is 1. The lowest BCUT2D eigenvalue weighted by molar-refractivity contribution is 0.172. The van der Waals surface area contributed by atoms with Gasteiger partial charge in [-0.2, -0.15) is 0 Å². The van der Waals surface area contributed by atoms with Crippen molar-refractivity contribution in [3.63, 3.8) is 0 Å². The molecule has 0 bridgehead atoms. The average molecular weight is 327 g/mol. The molecule has 2 atom stereocenters. The van der Waals surface area contributed by atoms with Crippen molar-refractivity contribution < 1.29 is 14.1 Å². The van der Waals surface area contributed by atoms with E-state index in [0.29, 0.717) is 6.54 Å². The second-order valence-corrected chi connectivity index (χ2v) is 6.46. The fraction of sp³-hybridized carbons (Fsp3) is 0.444. The lowest BCUT2D eigenvalue weighted by Crippen LogP contribution is -2.43. The van der Waals surface area contributed by atoms with Crippen molar-refractivity contribution in [2.24, 2.45) is 0 Å². The molecule has 2 aromatic rings. The number of amides is 2. The van der Waals surface area contributed by atoms with Gasteiger partial charge in [0.15, 0.2) is 5.76 Å². The number of benzene rings is 1. The predicted octanol–water partition coefficient (Wildman–Crippen LogP) is 2.83. The normalized spacial score (nSPS) is 22.3. The van der Waals surface area contributed by atoms with Crippen LogP contribution in [0.5, 0.6) is 5.75 Å². The summed E-state index contributed by atoms with van der Waals surface area (Å²) in [6.07, 6.45) is 2.72. The van der Waals surface area contributed by atoms with E-state index in [9.17, 15) is 4.79 Å². The van der Waals surface area contributed by atoms with Gasteiger partial charge < -0.3 is 19.5 Å². The topological polar surface area (TPSA) is 67.6 Å². The van der Waals surface area contributed by atoms with Crippen molar-refractivity contribution in [1.82, 2.24) is 15.4 Å². The summed E-state index contributed by atoms with van der Waals surface area (Å²) in [6, 6.07) is 9.84. The highest BCUT2D eigenvalue weighted by molar-refractivity contribution is 5.75. The van der Waals surface area contributed by atoms with E-state index in [1.54, 1.807) is 0 Å². The van der Waals surface area contributed by atoms with E-state index in [-0.39, 0.29) is 18.2 Å². The Labute approximate surface area is 140 Å². The van der Waals surface area contributed by atoms with E-state index in [1.807, 2.05) is 36.1 Å². The molecule has 6 heteroatoms. The number of aryl methyl sites for hydroxylation is 1. The maximum absolute atomic E-state index is 12.6. The van der Waals surface area contributed by atoms with Crippen LogP contribution in [0.25, 0.3) is 0 Å². The zero-order chi connectivity index (χ0) is 16.5. The third kappa shape index (κ3) is 2.84. The van der Waals surface area contributed by atoms with Crippen molar-refractivity contribution in [1.29, 1.82) is 0 Å². The van der Waals surface area contributed by atoms with Gasteiger partial charge in [-0.3, -0.25) is 0 Å². The second-order valence-electron chi connectivity index (χ2n) is 6.46. The Hall–Kier alpha value is -2.50. The minimum atomic E-state index is -0.0638. The Bertz CT molecular complexity index is 718. The largest absolute Gasteiger partial charge is 0.488 e. The van der Waals surface area contributed by atoms with Crippen LogP contribution >= 0.6 is 0 Å². The van der Waals surface area contributed by atoms with E-state index in [4.69, 9.17) is 9.26 Å². The van der Waals surface area contributed by atoms with E-state index in [2.05, 4.69) is 16.5 Å². The highest BCUT2D eigenvalue weighted by Crippen LogP contribution is 2.32. The van der Waals surface area contributed by atoms with Crippen LogP contribution in [0.1, 0.15) is 35.9 Å². The maximum atomic E-state index is 12.6. The standard InChI is InChI=1S/C18H21N3O3/c1-12-9-17(24-20-12)15-6-4-8-21(15)18(22)19-11-14-10-13-5-2-3-7-16(13)23-14/h2-3,5,7,9,14-15H,4,6,8,10-11H2,1H3,(H,19,22)/t14-,15-/m0/s1. The van der Waals surface area contributed by atoms with Gasteiger partial charge in [-0.15, -0.1) is 0 Å². The third-order valence-electron chi connectivity index (χ3n) is 4.68. The fourth-order valence-electron chi connectivity index (χ4n) is 3.52. The molecular weight excluding hydrogens is 306 g/mol. The molecule has 0 unspecified atom stereocenters. The molecule has 2 amide bonds.